The summed E-state index contributed by atoms with van der Waals surface area (Å²) in [5, 5.41) is 22.9. The van der Waals surface area contributed by atoms with E-state index in [9.17, 15) is 14.9 Å². The Balaban J connectivity index is 1.53. The summed E-state index contributed by atoms with van der Waals surface area (Å²) in [6.45, 7) is 0.183. The van der Waals surface area contributed by atoms with Crippen LogP contribution >= 0.6 is 11.8 Å². The highest BCUT2D eigenvalue weighted by atomic mass is 32.2. The second kappa shape index (κ2) is 9.88. The van der Waals surface area contributed by atoms with E-state index in [-0.39, 0.29) is 29.6 Å². The van der Waals surface area contributed by atoms with Gasteiger partial charge in [-0.1, -0.05) is 48.2 Å². The molecule has 1 heterocycles. The maximum atomic E-state index is 12.2. The average molecular weight is 427 g/mol. The van der Waals surface area contributed by atoms with Gasteiger partial charge in [0.1, 0.15) is 5.82 Å². The molecule has 0 aliphatic carbocycles. The summed E-state index contributed by atoms with van der Waals surface area (Å²) < 4.78 is 6.85. The molecule has 0 saturated heterocycles. The zero-order chi connectivity index (χ0) is 21.5. The molecular formula is C20H21N5O4S. The minimum atomic E-state index is -0.513. The first-order valence-corrected chi connectivity index (χ1v) is 10.1. The number of nitro benzene ring substituents is 1. The smallest absolute Gasteiger partial charge is 0.311 e. The average Bonchev–Trinajstić information content (AvgIpc) is 3.10. The van der Waals surface area contributed by atoms with Crippen LogP contribution in [-0.4, -0.2) is 38.5 Å². The monoisotopic (exact) mass is 427 g/mol. The maximum absolute atomic E-state index is 12.2. The number of hydrogen-bond acceptors (Lipinski definition) is 7. The molecule has 1 aromatic heterocycles. The van der Waals surface area contributed by atoms with Gasteiger partial charge in [-0.15, -0.1) is 10.2 Å². The fourth-order valence-corrected chi connectivity index (χ4v) is 3.53. The Kier molecular flexibility index (Phi) is 7.02. The fraction of sp³-hybridized carbons (Fsp3) is 0.250. The van der Waals surface area contributed by atoms with E-state index in [2.05, 4.69) is 15.5 Å². The molecule has 1 amide bonds. The molecule has 2 aromatic carbocycles. The third-order valence-electron chi connectivity index (χ3n) is 4.39. The van der Waals surface area contributed by atoms with E-state index >= 15 is 0 Å². The van der Waals surface area contributed by atoms with Crippen molar-refractivity contribution in [3.05, 3.63) is 75.6 Å². The number of carbonyl (C=O) groups is 1. The molecule has 1 N–H and O–H groups in total. The standard InChI is InChI=1S/C20H21N5O4S/c1-24-18(11-14-6-4-3-5-7-14)22-23-20(24)30-13-19(26)21-12-15-8-9-17(29-2)16(10-15)25(27)28/h3-10H,11-13H2,1-2H3,(H,21,26). The van der Waals surface area contributed by atoms with Gasteiger partial charge < -0.3 is 14.6 Å². The number of nitrogens with zero attached hydrogens (tertiary/aromatic N) is 4. The molecule has 0 atom stereocenters. The van der Waals surface area contributed by atoms with Gasteiger partial charge in [0.15, 0.2) is 10.9 Å². The quantitative estimate of drug-likeness (QED) is 0.317. The molecule has 3 aromatic rings. The minimum Gasteiger partial charge on any atom is -0.490 e. The summed E-state index contributed by atoms with van der Waals surface area (Å²) in [5.74, 6) is 0.954. The molecule has 0 aliphatic rings. The molecule has 0 bridgehead atoms. The number of rotatable bonds is 9. The molecule has 0 radical (unpaired) electrons. The van der Waals surface area contributed by atoms with E-state index < -0.39 is 4.92 Å². The predicted molar refractivity (Wildman–Crippen MR) is 112 cm³/mol. The van der Waals surface area contributed by atoms with Gasteiger partial charge in [-0.3, -0.25) is 14.9 Å². The van der Waals surface area contributed by atoms with Crippen molar-refractivity contribution < 1.29 is 14.5 Å². The molecule has 0 saturated carbocycles. The number of hydrogen-bond donors (Lipinski definition) is 1. The van der Waals surface area contributed by atoms with Crippen molar-refractivity contribution in [3.8, 4) is 5.75 Å². The highest BCUT2D eigenvalue weighted by Gasteiger charge is 2.16. The van der Waals surface area contributed by atoms with E-state index in [1.54, 1.807) is 6.07 Å². The molecule has 156 valence electrons. The molecule has 0 aliphatic heterocycles. The first-order chi connectivity index (χ1) is 14.5. The van der Waals surface area contributed by atoms with Crippen molar-refractivity contribution in [2.75, 3.05) is 12.9 Å². The van der Waals surface area contributed by atoms with E-state index in [0.29, 0.717) is 17.1 Å². The van der Waals surface area contributed by atoms with E-state index in [1.165, 1.54) is 31.0 Å². The van der Waals surface area contributed by atoms with Gasteiger partial charge in [-0.25, -0.2) is 0 Å². The summed E-state index contributed by atoms with van der Waals surface area (Å²) >= 11 is 1.28. The SMILES string of the molecule is COc1ccc(CNC(=O)CSc2nnc(Cc3ccccc3)n2C)cc1[N+](=O)[O-]. The number of nitrogens with one attached hydrogen (secondary N) is 1. The predicted octanol–water partition coefficient (Wildman–Crippen LogP) is 2.73. The van der Waals surface area contributed by atoms with Crippen molar-refractivity contribution >= 4 is 23.4 Å². The molecule has 0 spiro atoms. The Bertz CT molecular complexity index is 1040. The second-order valence-electron chi connectivity index (χ2n) is 6.45. The number of carbonyl (C=O) groups excluding carboxylic acids is 1. The van der Waals surface area contributed by atoms with Crippen LogP contribution in [0.2, 0.25) is 0 Å². The number of benzene rings is 2. The molecule has 3 rings (SSSR count). The van der Waals surface area contributed by atoms with Gasteiger partial charge >= 0.3 is 5.69 Å². The number of thioether (sulfide) groups is 1. The Morgan fingerprint density at radius 1 is 1.20 bits per heavy atom. The summed E-state index contributed by atoms with van der Waals surface area (Å²) in [6.07, 6.45) is 0.660. The normalized spacial score (nSPS) is 10.6. The van der Waals surface area contributed by atoms with Gasteiger partial charge in [0.25, 0.3) is 0 Å². The summed E-state index contributed by atoms with van der Waals surface area (Å²) in [6, 6.07) is 14.6. The highest BCUT2D eigenvalue weighted by molar-refractivity contribution is 7.99. The highest BCUT2D eigenvalue weighted by Crippen LogP contribution is 2.27. The zero-order valence-corrected chi connectivity index (χ0v) is 17.4. The van der Waals surface area contributed by atoms with Crippen molar-refractivity contribution in [1.82, 2.24) is 20.1 Å². The van der Waals surface area contributed by atoms with Crippen LogP contribution in [0, 0.1) is 10.1 Å². The number of aromatic nitrogens is 3. The number of amides is 1. The van der Waals surface area contributed by atoms with Crippen LogP contribution < -0.4 is 10.1 Å². The Morgan fingerprint density at radius 2 is 1.97 bits per heavy atom. The van der Waals surface area contributed by atoms with Crippen LogP contribution in [0.3, 0.4) is 0 Å². The van der Waals surface area contributed by atoms with Crippen molar-refractivity contribution in [1.29, 1.82) is 0 Å². The molecular weight excluding hydrogens is 406 g/mol. The first kappa shape index (κ1) is 21.3. The van der Waals surface area contributed by atoms with Crippen molar-refractivity contribution in [3.63, 3.8) is 0 Å². The number of nitro groups is 1. The van der Waals surface area contributed by atoms with Gasteiger partial charge in [0.2, 0.25) is 5.91 Å². The van der Waals surface area contributed by atoms with Crippen LogP contribution in [0.25, 0.3) is 0 Å². The van der Waals surface area contributed by atoms with Crippen LogP contribution in [0.4, 0.5) is 5.69 Å². The molecule has 10 heteroatoms. The molecule has 0 unspecified atom stereocenters. The molecule has 0 fully saturated rings. The second-order valence-corrected chi connectivity index (χ2v) is 7.39. The van der Waals surface area contributed by atoms with Gasteiger partial charge in [-0.05, 0) is 17.2 Å². The van der Waals surface area contributed by atoms with Crippen LogP contribution in [-0.2, 0) is 24.8 Å². The maximum Gasteiger partial charge on any atom is 0.311 e. The largest absolute Gasteiger partial charge is 0.490 e. The Morgan fingerprint density at radius 3 is 2.67 bits per heavy atom. The summed E-state index contributed by atoms with van der Waals surface area (Å²) in [5.41, 5.74) is 1.61. The lowest BCUT2D eigenvalue weighted by atomic mass is 10.1. The summed E-state index contributed by atoms with van der Waals surface area (Å²) in [7, 11) is 3.24. The Labute approximate surface area is 177 Å². The Hall–Kier alpha value is -3.40. The summed E-state index contributed by atoms with van der Waals surface area (Å²) in [4.78, 5) is 22.8. The van der Waals surface area contributed by atoms with E-state index in [4.69, 9.17) is 4.74 Å². The molecule has 9 nitrogen and oxygen atoms in total. The van der Waals surface area contributed by atoms with Crippen LogP contribution in [0.5, 0.6) is 5.75 Å². The lowest BCUT2D eigenvalue weighted by Gasteiger charge is -2.07. The van der Waals surface area contributed by atoms with Gasteiger partial charge in [0.05, 0.1) is 17.8 Å². The third-order valence-corrected chi connectivity index (χ3v) is 5.41. The molecule has 30 heavy (non-hydrogen) atoms. The van der Waals surface area contributed by atoms with Gasteiger partial charge in [0, 0.05) is 26.1 Å². The van der Waals surface area contributed by atoms with E-state index in [1.807, 2.05) is 41.9 Å². The van der Waals surface area contributed by atoms with Crippen molar-refractivity contribution in [2.24, 2.45) is 7.05 Å². The third kappa shape index (κ3) is 5.35. The first-order valence-electron chi connectivity index (χ1n) is 9.11. The van der Waals surface area contributed by atoms with Crippen molar-refractivity contribution in [2.45, 2.75) is 18.1 Å². The van der Waals surface area contributed by atoms with Crippen LogP contribution in [0.1, 0.15) is 17.0 Å². The van der Waals surface area contributed by atoms with E-state index in [0.717, 1.165) is 11.4 Å². The minimum absolute atomic E-state index is 0.136. The number of ether oxygens (including phenoxy) is 1. The van der Waals surface area contributed by atoms with Crippen LogP contribution in [0.15, 0.2) is 53.7 Å². The van der Waals surface area contributed by atoms with Gasteiger partial charge in [-0.2, -0.15) is 0 Å². The lowest BCUT2D eigenvalue weighted by molar-refractivity contribution is -0.385. The lowest BCUT2D eigenvalue weighted by Crippen LogP contribution is -2.24. The topological polar surface area (TPSA) is 112 Å². The fourth-order valence-electron chi connectivity index (χ4n) is 2.77. The number of methoxy groups -OCH3 is 1. The zero-order valence-electron chi connectivity index (χ0n) is 16.6.